The van der Waals surface area contributed by atoms with E-state index in [0.29, 0.717) is 24.7 Å². The first kappa shape index (κ1) is 12.4. The molecule has 0 amide bonds. The third-order valence-electron chi connectivity index (χ3n) is 2.26. The van der Waals surface area contributed by atoms with Gasteiger partial charge >= 0.3 is 11.9 Å². The van der Waals surface area contributed by atoms with E-state index >= 15 is 0 Å². The molecule has 0 bridgehead atoms. The molecule has 5 heteroatoms. The maximum absolute atomic E-state index is 11.5. The number of carbonyl (C=O) groups excluding carboxylic acids is 2. The highest BCUT2D eigenvalue weighted by Crippen LogP contribution is 2.31. The third kappa shape index (κ3) is 3.12. The molecule has 1 rings (SSSR count). The van der Waals surface area contributed by atoms with Gasteiger partial charge in [0.25, 0.3) is 0 Å². The van der Waals surface area contributed by atoms with Crippen LogP contribution in [0.4, 0.5) is 0 Å². The molecule has 1 heterocycles. The van der Waals surface area contributed by atoms with Gasteiger partial charge in [-0.05, 0) is 13.8 Å². The van der Waals surface area contributed by atoms with Crippen LogP contribution >= 0.6 is 11.8 Å². The highest BCUT2D eigenvalue weighted by molar-refractivity contribution is 7.99. The normalized spacial score (nSPS) is 24.9. The van der Waals surface area contributed by atoms with Crippen molar-refractivity contribution in [1.29, 1.82) is 0 Å². The van der Waals surface area contributed by atoms with Gasteiger partial charge in [-0.15, -0.1) is 0 Å². The van der Waals surface area contributed by atoms with Crippen LogP contribution in [-0.4, -0.2) is 36.7 Å². The maximum atomic E-state index is 11.5. The zero-order valence-corrected chi connectivity index (χ0v) is 9.84. The van der Waals surface area contributed by atoms with Gasteiger partial charge in [0.05, 0.1) is 25.0 Å². The van der Waals surface area contributed by atoms with Gasteiger partial charge in [-0.25, -0.2) is 0 Å². The Hall–Kier alpha value is -0.710. The summed E-state index contributed by atoms with van der Waals surface area (Å²) in [6.07, 6.45) is 0. The largest absolute Gasteiger partial charge is 0.466 e. The molecule has 1 aliphatic heterocycles. The molecule has 15 heavy (non-hydrogen) atoms. The van der Waals surface area contributed by atoms with Gasteiger partial charge in [0.1, 0.15) is 0 Å². The highest BCUT2D eigenvalue weighted by atomic mass is 32.2. The lowest BCUT2D eigenvalue weighted by atomic mass is 9.96. The monoisotopic (exact) mass is 232 g/mol. The topological polar surface area (TPSA) is 52.6 Å². The van der Waals surface area contributed by atoms with Crippen molar-refractivity contribution in [3.63, 3.8) is 0 Å². The zero-order chi connectivity index (χ0) is 11.3. The molecule has 0 N–H and O–H groups in total. The Bertz CT molecular complexity index is 218. The summed E-state index contributed by atoms with van der Waals surface area (Å²) >= 11 is 1.60. The number of rotatable bonds is 4. The second-order valence-corrected chi connectivity index (χ2v) is 4.33. The first-order chi connectivity index (χ1) is 7.20. The van der Waals surface area contributed by atoms with Gasteiger partial charge in [-0.3, -0.25) is 9.59 Å². The summed E-state index contributed by atoms with van der Waals surface area (Å²) in [5.74, 6) is 0.106. The predicted octanol–water partition coefficient (Wildman–Crippen LogP) is 1.09. The summed E-state index contributed by atoms with van der Waals surface area (Å²) < 4.78 is 9.85. The average Bonchev–Trinajstić information content (AvgIpc) is 2.66. The van der Waals surface area contributed by atoms with E-state index in [0.717, 1.165) is 0 Å². The minimum absolute atomic E-state index is 0.277. The summed E-state index contributed by atoms with van der Waals surface area (Å²) in [6.45, 7) is 4.24. The molecule has 1 saturated heterocycles. The van der Waals surface area contributed by atoms with Gasteiger partial charge in [-0.1, -0.05) is 0 Å². The molecule has 4 nitrogen and oxygen atoms in total. The van der Waals surface area contributed by atoms with Crippen LogP contribution in [0.15, 0.2) is 0 Å². The van der Waals surface area contributed by atoms with E-state index in [9.17, 15) is 9.59 Å². The van der Waals surface area contributed by atoms with Crippen LogP contribution in [0.5, 0.6) is 0 Å². The zero-order valence-electron chi connectivity index (χ0n) is 9.02. The number of carbonyl (C=O) groups is 2. The highest BCUT2D eigenvalue weighted by Gasteiger charge is 2.40. The van der Waals surface area contributed by atoms with E-state index < -0.39 is 0 Å². The second-order valence-electron chi connectivity index (χ2n) is 3.25. The molecule has 0 aromatic carbocycles. The summed E-state index contributed by atoms with van der Waals surface area (Å²) in [6, 6.07) is 0. The predicted molar refractivity (Wildman–Crippen MR) is 57.6 cm³/mol. The Morgan fingerprint density at radius 1 is 1.07 bits per heavy atom. The summed E-state index contributed by atoms with van der Waals surface area (Å²) in [7, 11) is 0. The van der Waals surface area contributed by atoms with E-state index in [1.54, 1.807) is 25.6 Å². The van der Waals surface area contributed by atoms with Gasteiger partial charge in [-0.2, -0.15) is 11.8 Å². The Balaban J connectivity index is 2.56. The van der Waals surface area contributed by atoms with Gasteiger partial charge < -0.3 is 9.47 Å². The standard InChI is InChI=1S/C10H16O4S/c1-3-13-9(11)7-5-15-6-8(7)10(12)14-4-2/h7-8H,3-6H2,1-2H3/t7-,8-/m0/s1. The maximum Gasteiger partial charge on any atom is 0.310 e. The quantitative estimate of drug-likeness (QED) is 0.679. The average molecular weight is 232 g/mol. The van der Waals surface area contributed by atoms with Crippen molar-refractivity contribution >= 4 is 23.7 Å². The fourth-order valence-corrected chi connectivity index (χ4v) is 2.90. The number of thioether (sulfide) groups is 1. The van der Waals surface area contributed by atoms with Crippen molar-refractivity contribution in [1.82, 2.24) is 0 Å². The summed E-state index contributed by atoms with van der Waals surface area (Å²) in [5.41, 5.74) is 0. The molecule has 86 valence electrons. The number of hydrogen-bond donors (Lipinski definition) is 0. The molecule has 1 fully saturated rings. The van der Waals surface area contributed by atoms with Gasteiger partial charge in [0.2, 0.25) is 0 Å². The molecule has 0 unspecified atom stereocenters. The van der Waals surface area contributed by atoms with Crippen molar-refractivity contribution in [2.75, 3.05) is 24.7 Å². The van der Waals surface area contributed by atoms with Crippen LogP contribution in [0, 0.1) is 11.8 Å². The Labute approximate surface area is 93.7 Å². The number of ether oxygens (including phenoxy) is 2. The van der Waals surface area contributed by atoms with Crippen LogP contribution in [0.3, 0.4) is 0 Å². The molecular formula is C10H16O4S. The number of esters is 2. The minimum Gasteiger partial charge on any atom is -0.466 e. The Morgan fingerprint density at radius 3 is 1.80 bits per heavy atom. The van der Waals surface area contributed by atoms with E-state index in [4.69, 9.17) is 9.47 Å². The molecule has 0 spiro atoms. The van der Waals surface area contributed by atoms with Crippen molar-refractivity contribution in [2.24, 2.45) is 11.8 Å². The Morgan fingerprint density at radius 2 is 1.47 bits per heavy atom. The molecule has 0 radical (unpaired) electrons. The van der Waals surface area contributed by atoms with E-state index in [-0.39, 0.29) is 23.8 Å². The molecule has 2 atom stereocenters. The van der Waals surface area contributed by atoms with Crippen LogP contribution in [0.25, 0.3) is 0 Å². The lowest BCUT2D eigenvalue weighted by Gasteiger charge is -2.15. The van der Waals surface area contributed by atoms with Crippen molar-refractivity contribution in [2.45, 2.75) is 13.8 Å². The Kier molecular flexibility index (Phi) is 4.94. The second kappa shape index (κ2) is 6.00. The molecule has 0 saturated carbocycles. The van der Waals surface area contributed by atoms with Gasteiger partial charge in [0.15, 0.2) is 0 Å². The van der Waals surface area contributed by atoms with Crippen LogP contribution in [-0.2, 0) is 19.1 Å². The van der Waals surface area contributed by atoms with Crippen molar-refractivity contribution in [3.05, 3.63) is 0 Å². The molecule has 1 aliphatic rings. The molecule has 0 aliphatic carbocycles. The van der Waals surface area contributed by atoms with E-state index in [1.807, 2.05) is 0 Å². The van der Waals surface area contributed by atoms with Crippen LogP contribution in [0.1, 0.15) is 13.8 Å². The minimum atomic E-state index is -0.325. The fraction of sp³-hybridized carbons (Fsp3) is 0.800. The van der Waals surface area contributed by atoms with Crippen molar-refractivity contribution < 1.29 is 19.1 Å². The third-order valence-corrected chi connectivity index (χ3v) is 3.45. The fourth-order valence-electron chi connectivity index (χ4n) is 1.52. The SMILES string of the molecule is CCOC(=O)[C@H]1CSC[C@@H]1C(=O)OCC. The van der Waals surface area contributed by atoms with Crippen molar-refractivity contribution in [3.8, 4) is 0 Å². The van der Waals surface area contributed by atoms with Crippen LogP contribution in [0.2, 0.25) is 0 Å². The lowest BCUT2D eigenvalue weighted by molar-refractivity contribution is -0.157. The first-order valence-corrected chi connectivity index (χ1v) is 6.27. The van der Waals surface area contributed by atoms with Gasteiger partial charge in [0, 0.05) is 11.5 Å². The molecule has 0 aromatic rings. The summed E-state index contributed by atoms with van der Waals surface area (Å²) in [4.78, 5) is 23.0. The molecular weight excluding hydrogens is 216 g/mol. The lowest BCUT2D eigenvalue weighted by Crippen LogP contribution is -2.31. The smallest absolute Gasteiger partial charge is 0.310 e. The summed E-state index contributed by atoms with van der Waals surface area (Å²) in [5, 5.41) is 0. The number of hydrogen-bond acceptors (Lipinski definition) is 5. The molecule has 0 aromatic heterocycles. The van der Waals surface area contributed by atoms with Crippen LogP contribution < -0.4 is 0 Å². The van der Waals surface area contributed by atoms with E-state index in [1.165, 1.54) is 0 Å². The van der Waals surface area contributed by atoms with E-state index in [2.05, 4.69) is 0 Å². The first-order valence-electron chi connectivity index (χ1n) is 5.11.